The minimum absolute atomic E-state index is 0.160. The third-order valence-electron chi connectivity index (χ3n) is 7.28. The number of anilines is 3. The summed E-state index contributed by atoms with van der Waals surface area (Å²) in [6, 6.07) is 6.58. The Bertz CT molecular complexity index is 1310. The number of aryl methyl sites for hydroxylation is 1. The minimum atomic E-state index is -3.66. The van der Waals surface area contributed by atoms with Gasteiger partial charge in [-0.2, -0.15) is 9.97 Å². The molecule has 12 heteroatoms. The molecule has 2 fully saturated rings. The molecule has 1 aromatic carbocycles. The van der Waals surface area contributed by atoms with Crippen molar-refractivity contribution in [3.63, 3.8) is 0 Å². The highest BCUT2D eigenvalue weighted by molar-refractivity contribution is 7.89. The average molecular weight is 530 g/mol. The number of aliphatic hydroxyl groups excluding tert-OH is 2. The SMILES string of the molecule is CCn1cnc2c(Nc3ccc(S(=O)(=O)N[C@H]4CC[C@H](O)CC4)cc3)nc(N[C@H]3CC[C@H](O)CC3)nc21. The van der Waals surface area contributed by atoms with E-state index in [2.05, 4.69) is 25.3 Å². The number of imidazole rings is 1. The molecule has 0 radical (unpaired) electrons. The van der Waals surface area contributed by atoms with Crippen molar-refractivity contribution in [2.75, 3.05) is 10.6 Å². The Morgan fingerprint density at radius 3 is 2.16 bits per heavy atom. The van der Waals surface area contributed by atoms with Gasteiger partial charge in [-0.1, -0.05) is 0 Å². The first-order valence-corrected chi connectivity index (χ1v) is 14.5. The van der Waals surface area contributed by atoms with Crippen molar-refractivity contribution < 1.29 is 18.6 Å². The quantitative estimate of drug-likeness (QED) is 0.296. The van der Waals surface area contributed by atoms with Crippen molar-refractivity contribution in [2.24, 2.45) is 0 Å². The summed E-state index contributed by atoms with van der Waals surface area (Å²) >= 11 is 0. The molecule has 0 aliphatic heterocycles. The zero-order valence-corrected chi connectivity index (χ0v) is 21.8. The summed E-state index contributed by atoms with van der Waals surface area (Å²) in [4.78, 5) is 14.1. The first kappa shape index (κ1) is 25.8. The van der Waals surface area contributed by atoms with Gasteiger partial charge in [0, 0.05) is 24.3 Å². The highest BCUT2D eigenvalue weighted by Crippen LogP contribution is 2.28. The van der Waals surface area contributed by atoms with E-state index in [1.807, 2.05) is 11.5 Å². The molecule has 2 heterocycles. The van der Waals surface area contributed by atoms with E-state index in [-0.39, 0.29) is 29.2 Å². The third-order valence-corrected chi connectivity index (χ3v) is 8.82. The second-order valence-electron chi connectivity index (χ2n) is 10.0. The third kappa shape index (κ3) is 6.03. The van der Waals surface area contributed by atoms with E-state index in [9.17, 15) is 18.6 Å². The van der Waals surface area contributed by atoms with Crippen molar-refractivity contribution in [1.29, 1.82) is 0 Å². The molecule has 0 bridgehead atoms. The number of fused-ring (bicyclic) bond motifs is 1. The number of aromatic nitrogens is 4. The Balaban J connectivity index is 1.34. The molecule has 5 rings (SSSR count). The monoisotopic (exact) mass is 529 g/mol. The summed E-state index contributed by atoms with van der Waals surface area (Å²) in [5.74, 6) is 1.03. The van der Waals surface area contributed by atoms with Crippen molar-refractivity contribution in [3.05, 3.63) is 30.6 Å². The van der Waals surface area contributed by atoms with Gasteiger partial charge in [0.1, 0.15) is 0 Å². The van der Waals surface area contributed by atoms with Gasteiger partial charge in [0.15, 0.2) is 17.0 Å². The molecule has 200 valence electrons. The van der Waals surface area contributed by atoms with Crippen molar-refractivity contribution in [3.8, 4) is 0 Å². The van der Waals surface area contributed by atoms with E-state index >= 15 is 0 Å². The summed E-state index contributed by atoms with van der Waals surface area (Å²) in [5, 5.41) is 26.2. The highest BCUT2D eigenvalue weighted by atomic mass is 32.2. The fourth-order valence-electron chi connectivity index (χ4n) is 5.07. The van der Waals surface area contributed by atoms with Crippen LogP contribution in [0.2, 0.25) is 0 Å². The molecule has 2 aliphatic rings. The van der Waals surface area contributed by atoms with Gasteiger partial charge in [-0.25, -0.2) is 18.1 Å². The predicted molar refractivity (Wildman–Crippen MR) is 141 cm³/mol. The van der Waals surface area contributed by atoms with Gasteiger partial charge >= 0.3 is 0 Å². The van der Waals surface area contributed by atoms with E-state index in [0.29, 0.717) is 60.8 Å². The van der Waals surface area contributed by atoms with Crippen LogP contribution in [0.15, 0.2) is 35.5 Å². The molecule has 3 aromatic rings. The van der Waals surface area contributed by atoms with E-state index < -0.39 is 10.0 Å². The zero-order chi connectivity index (χ0) is 26.0. The Morgan fingerprint density at radius 1 is 0.919 bits per heavy atom. The standard InChI is InChI=1S/C25H35N7O4S/c1-2-32-15-26-22-23(29-25(30-24(22)32)28-17-3-9-19(33)10-4-17)27-16-7-13-21(14-8-16)37(35,36)31-18-5-11-20(34)12-6-18/h7-8,13-15,17-20,31,33-34H,2-6,9-12H2,1H3,(H2,27,28,29,30)/t17-,18-,19-,20-. The van der Waals surface area contributed by atoms with Gasteiger partial charge in [0.05, 0.1) is 23.4 Å². The molecular weight excluding hydrogens is 494 g/mol. The molecule has 2 saturated carbocycles. The van der Waals surface area contributed by atoms with Crippen molar-refractivity contribution in [2.45, 2.75) is 94.0 Å². The zero-order valence-electron chi connectivity index (χ0n) is 21.0. The van der Waals surface area contributed by atoms with Gasteiger partial charge in [0.25, 0.3) is 0 Å². The highest BCUT2D eigenvalue weighted by Gasteiger charge is 2.25. The van der Waals surface area contributed by atoms with Gasteiger partial charge in [-0.3, -0.25) is 0 Å². The lowest BCUT2D eigenvalue weighted by Gasteiger charge is -2.26. The normalized spacial score (nSPS) is 24.7. The van der Waals surface area contributed by atoms with Crippen LogP contribution in [0.3, 0.4) is 0 Å². The Hall–Kier alpha value is -2.80. The summed E-state index contributed by atoms with van der Waals surface area (Å²) in [6.45, 7) is 2.73. The lowest BCUT2D eigenvalue weighted by atomic mass is 9.93. The van der Waals surface area contributed by atoms with Gasteiger partial charge in [-0.05, 0) is 82.6 Å². The topological polar surface area (TPSA) is 154 Å². The number of hydrogen-bond donors (Lipinski definition) is 5. The van der Waals surface area contributed by atoms with Crippen molar-refractivity contribution in [1.82, 2.24) is 24.2 Å². The minimum Gasteiger partial charge on any atom is -0.393 e. The Labute approximate surface area is 216 Å². The van der Waals surface area contributed by atoms with Crippen LogP contribution in [0.25, 0.3) is 11.2 Å². The van der Waals surface area contributed by atoms with Gasteiger partial charge in [-0.15, -0.1) is 0 Å². The second kappa shape index (κ2) is 10.9. The molecule has 11 nitrogen and oxygen atoms in total. The summed E-state index contributed by atoms with van der Waals surface area (Å²) in [6.07, 6.45) is 6.85. The molecule has 0 spiro atoms. The molecule has 0 amide bonds. The molecule has 5 N–H and O–H groups in total. The maximum absolute atomic E-state index is 12.9. The fraction of sp³-hybridized carbons (Fsp3) is 0.560. The lowest BCUT2D eigenvalue weighted by Crippen LogP contribution is -2.38. The molecule has 2 aromatic heterocycles. The van der Waals surface area contributed by atoms with Crippen LogP contribution in [0.1, 0.15) is 58.3 Å². The molecule has 37 heavy (non-hydrogen) atoms. The second-order valence-corrected chi connectivity index (χ2v) is 11.7. The molecule has 0 unspecified atom stereocenters. The van der Waals surface area contributed by atoms with Crippen LogP contribution in [-0.2, 0) is 16.6 Å². The number of hydrogen-bond acceptors (Lipinski definition) is 9. The van der Waals surface area contributed by atoms with Crippen LogP contribution in [0.5, 0.6) is 0 Å². The van der Waals surface area contributed by atoms with E-state index in [0.717, 1.165) is 25.7 Å². The van der Waals surface area contributed by atoms with E-state index in [1.165, 1.54) is 0 Å². The van der Waals surface area contributed by atoms with Crippen LogP contribution in [-0.4, -0.2) is 62.4 Å². The van der Waals surface area contributed by atoms with Gasteiger partial charge < -0.3 is 25.4 Å². The molecule has 0 atom stereocenters. The number of nitrogens with zero attached hydrogens (tertiary/aromatic N) is 4. The van der Waals surface area contributed by atoms with Gasteiger partial charge in [0.2, 0.25) is 16.0 Å². The fourth-order valence-corrected chi connectivity index (χ4v) is 6.37. The first-order valence-electron chi connectivity index (χ1n) is 13.1. The Morgan fingerprint density at radius 2 is 1.54 bits per heavy atom. The molecular formula is C25H35N7O4S. The van der Waals surface area contributed by atoms with Crippen LogP contribution in [0, 0.1) is 0 Å². The Kier molecular flexibility index (Phi) is 7.61. The number of aliphatic hydroxyl groups is 2. The number of rotatable bonds is 8. The average Bonchev–Trinajstić information content (AvgIpc) is 3.30. The predicted octanol–water partition coefficient (Wildman–Crippen LogP) is 2.89. The maximum Gasteiger partial charge on any atom is 0.240 e. The summed E-state index contributed by atoms with van der Waals surface area (Å²) in [5.41, 5.74) is 2.01. The number of benzene rings is 1. The smallest absolute Gasteiger partial charge is 0.240 e. The summed E-state index contributed by atoms with van der Waals surface area (Å²) in [7, 11) is -3.66. The van der Waals surface area contributed by atoms with Crippen LogP contribution >= 0.6 is 0 Å². The largest absolute Gasteiger partial charge is 0.393 e. The number of nitrogens with one attached hydrogen (secondary N) is 3. The van der Waals surface area contributed by atoms with E-state index in [4.69, 9.17) is 4.98 Å². The summed E-state index contributed by atoms with van der Waals surface area (Å²) < 4.78 is 30.4. The van der Waals surface area contributed by atoms with E-state index in [1.54, 1.807) is 30.6 Å². The first-order chi connectivity index (χ1) is 17.8. The maximum atomic E-state index is 12.9. The van der Waals surface area contributed by atoms with Crippen LogP contribution < -0.4 is 15.4 Å². The lowest BCUT2D eigenvalue weighted by molar-refractivity contribution is 0.120. The molecule has 0 saturated heterocycles. The van der Waals surface area contributed by atoms with Crippen LogP contribution in [0.4, 0.5) is 17.5 Å². The molecule has 2 aliphatic carbocycles. The van der Waals surface area contributed by atoms with Crippen molar-refractivity contribution >= 4 is 38.6 Å². The number of sulfonamides is 1.